The minimum absolute atomic E-state index is 0.0214. The minimum atomic E-state index is -3.28. The molecule has 1 aliphatic rings. The van der Waals surface area contributed by atoms with E-state index >= 15 is 0 Å². The van der Waals surface area contributed by atoms with Crippen molar-refractivity contribution in [3.63, 3.8) is 0 Å². The van der Waals surface area contributed by atoms with Crippen molar-refractivity contribution in [1.29, 1.82) is 0 Å². The van der Waals surface area contributed by atoms with Crippen LogP contribution in [0.25, 0.3) is 0 Å². The Morgan fingerprint density at radius 2 is 1.71 bits per heavy atom. The predicted molar refractivity (Wildman–Crippen MR) is 128 cm³/mol. The van der Waals surface area contributed by atoms with Crippen molar-refractivity contribution in [2.75, 3.05) is 45.2 Å². The zero-order valence-corrected chi connectivity index (χ0v) is 19.7. The zero-order valence-electron chi connectivity index (χ0n) is 18.9. The number of nitrogens with zero attached hydrogens (tertiary/aromatic N) is 3. The summed E-state index contributed by atoms with van der Waals surface area (Å²) >= 11 is 0. The van der Waals surface area contributed by atoms with Gasteiger partial charge in [-0.2, -0.15) is 0 Å². The number of piperazine rings is 1. The van der Waals surface area contributed by atoms with Crippen molar-refractivity contribution in [2.24, 2.45) is 4.99 Å². The first kappa shape index (κ1) is 23.1. The Labute approximate surface area is 186 Å². The molecule has 0 atom stereocenters. The summed E-state index contributed by atoms with van der Waals surface area (Å²) in [5.41, 5.74) is 5.78. The van der Waals surface area contributed by atoms with Crippen molar-refractivity contribution in [3.05, 3.63) is 64.7 Å². The topological polar surface area (TPSA) is 77.0 Å². The van der Waals surface area contributed by atoms with E-state index < -0.39 is 10.0 Å². The number of anilines is 1. The van der Waals surface area contributed by atoms with Crippen LogP contribution in [0.1, 0.15) is 22.3 Å². The van der Waals surface area contributed by atoms with Gasteiger partial charge in [-0.25, -0.2) is 13.1 Å². The van der Waals surface area contributed by atoms with Crippen LogP contribution >= 0.6 is 0 Å². The second kappa shape index (κ2) is 10.2. The number of hydrogen-bond acceptors (Lipinski definition) is 4. The molecule has 0 aliphatic carbocycles. The Balaban J connectivity index is 1.58. The van der Waals surface area contributed by atoms with Gasteiger partial charge in [0.05, 0.1) is 5.75 Å². The number of aliphatic imine (C=N–C) groups is 1. The molecule has 8 heteroatoms. The Kier molecular flexibility index (Phi) is 7.56. The normalized spacial score (nSPS) is 15.3. The van der Waals surface area contributed by atoms with Crippen LogP contribution < -0.4 is 14.9 Å². The smallest absolute Gasteiger partial charge is 0.215 e. The number of guanidine groups is 1. The summed E-state index contributed by atoms with van der Waals surface area (Å²) in [4.78, 5) is 9.18. The third kappa shape index (κ3) is 5.98. The highest BCUT2D eigenvalue weighted by Gasteiger charge is 2.21. The van der Waals surface area contributed by atoms with Gasteiger partial charge in [0.15, 0.2) is 5.96 Å². The lowest BCUT2D eigenvalue weighted by Gasteiger charge is -2.38. The van der Waals surface area contributed by atoms with Gasteiger partial charge < -0.3 is 15.1 Å². The second-order valence-electron chi connectivity index (χ2n) is 7.88. The number of nitrogens with one attached hydrogen (secondary N) is 2. The Morgan fingerprint density at radius 1 is 1.03 bits per heavy atom. The van der Waals surface area contributed by atoms with Crippen molar-refractivity contribution < 1.29 is 8.42 Å². The number of hydrogen-bond donors (Lipinski definition) is 2. The molecule has 1 heterocycles. The van der Waals surface area contributed by atoms with Gasteiger partial charge >= 0.3 is 0 Å². The maximum atomic E-state index is 11.8. The van der Waals surface area contributed by atoms with Crippen LogP contribution in [-0.4, -0.2) is 59.6 Å². The first-order valence-electron chi connectivity index (χ1n) is 10.6. The Bertz CT molecular complexity index is 1030. The van der Waals surface area contributed by atoms with Gasteiger partial charge in [0.25, 0.3) is 0 Å². The van der Waals surface area contributed by atoms with Crippen molar-refractivity contribution in [2.45, 2.75) is 26.1 Å². The predicted octanol–water partition coefficient (Wildman–Crippen LogP) is 2.25. The van der Waals surface area contributed by atoms with E-state index in [4.69, 9.17) is 0 Å². The summed E-state index contributed by atoms with van der Waals surface area (Å²) in [6, 6.07) is 14.1. The van der Waals surface area contributed by atoms with E-state index in [1.54, 1.807) is 7.05 Å². The third-order valence-electron chi connectivity index (χ3n) is 5.82. The molecule has 0 amide bonds. The van der Waals surface area contributed by atoms with E-state index in [0.717, 1.165) is 43.3 Å². The summed E-state index contributed by atoms with van der Waals surface area (Å²) in [7, 11) is -0.0472. The maximum absolute atomic E-state index is 11.8. The molecule has 168 valence electrons. The molecule has 1 aliphatic heterocycles. The maximum Gasteiger partial charge on any atom is 0.215 e. The van der Waals surface area contributed by atoms with E-state index in [2.05, 4.69) is 56.9 Å². The first-order valence-corrected chi connectivity index (χ1v) is 12.2. The molecule has 2 aromatic carbocycles. The van der Waals surface area contributed by atoms with E-state index in [-0.39, 0.29) is 5.75 Å². The van der Waals surface area contributed by atoms with E-state index in [1.165, 1.54) is 23.9 Å². The number of benzene rings is 2. The SMILES string of the molecule is CN=C(NCc1cccc(CS(=O)(=O)NC)c1)N1CCN(c2cccc(C)c2C)CC1. The average Bonchev–Trinajstić information content (AvgIpc) is 2.76. The first-order chi connectivity index (χ1) is 14.8. The largest absolute Gasteiger partial charge is 0.368 e. The van der Waals surface area contributed by atoms with Crippen molar-refractivity contribution in [1.82, 2.24) is 14.9 Å². The Morgan fingerprint density at radius 3 is 2.39 bits per heavy atom. The lowest BCUT2D eigenvalue weighted by Crippen LogP contribution is -2.52. The van der Waals surface area contributed by atoms with Gasteiger partial charge in [0.2, 0.25) is 10.0 Å². The molecule has 0 unspecified atom stereocenters. The zero-order chi connectivity index (χ0) is 22.4. The fraction of sp³-hybridized carbons (Fsp3) is 0.435. The summed E-state index contributed by atoms with van der Waals surface area (Å²) in [6.07, 6.45) is 0. The fourth-order valence-corrected chi connectivity index (χ4v) is 4.63. The molecule has 0 radical (unpaired) electrons. The highest BCUT2D eigenvalue weighted by Crippen LogP contribution is 2.23. The molecule has 3 rings (SSSR count). The molecular formula is C23H33N5O2S. The van der Waals surface area contributed by atoms with Gasteiger partial charge in [-0.05, 0) is 49.2 Å². The molecule has 7 nitrogen and oxygen atoms in total. The summed E-state index contributed by atoms with van der Waals surface area (Å²) in [5.74, 6) is 0.848. The van der Waals surface area contributed by atoms with Gasteiger partial charge in [0, 0.05) is 45.5 Å². The Hall–Kier alpha value is -2.58. The molecular weight excluding hydrogens is 410 g/mol. The molecule has 0 saturated carbocycles. The van der Waals surface area contributed by atoms with Crippen LogP contribution in [0.2, 0.25) is 0 Å². The van der Waals surface area contributed by atoms with Crippen LogP contribution in [0.5, 0.6) is 0 Å². The third-order valence-corrected chi connectivity index (χ3v) is 7.15. The summed E-state index contributed by atoms with van der Waals surface area (Å²) < 4.78 is 26.0. The highest BCUT2D eigenvalue weighted by molar-refractivity contribution is 7.88. The molecule has 2 N–H and O–H groups in total. The molecule has 0 spiro atoms. The summed E-state index contributed by atoms with van der Waals surface area (Å²) in [6.45, 7) is 8.63. The standard InChI is InChI=1S/C23H33N5O2S/c1-18-7-5-10-22(19(18)2)27-11-13-28(14-12-27)23(24-3)26-16-20-8-6-9-21(15-20)17-31(29,30)25-4/h5-10,15,25H,11-14,16-17H2,1-4H3,(H,24,26). The quantitative estimate of drug-likeness (QED) is 0.529. The average molecular weight is 444 g/mol. The minimum Gasteiger partial charge on any atom is -0.368 e. The van der Waals surface area contributed by atoms with Gasteiger partial charge in [-0.3, -0.25) is 4.99 Å². The fourth-order valence-electron chi connectivity index (χ4n) is 3.87. The number of sulfonamides is 1. The van der Waals surface area contributed by atoms with E-state index in [0.29, 0.717) is 6.54 Å². The molecule has 1 fully saturated rings. The van der Waals surface area contributed by atoms with Crippen LogP contribution in [0, 0.1) is 13.8 Å². The number of rotatable bonds is 6. The molecule has 0 aromatic heterocycles. The van der Waals surface area contributed by atoms with Crippen molar-refractivity contribution in [3.8, 4) is 0 Å². The second-order valence-corrected chi connectivity index (χ2v) is 9.80. The van der Waals surface area contributed by atoms with E-state index in [1.807, 2.05) is 24.3 Å². The summed E-state index contributed by atoms with van der Waals surface area (Å²) in [5, 5.41) is 3.43. The lowest BCUT2D eigenvalue weighted by molar-refractivity contribution is 0.372. The van der Waals surface area contributed by atoms with Crippen LogP contribution in [-0.2, 0) is 22.3 Å². The van der Waals surface area contributed by atoms with Crippen LogP contribution in [0.4, 0.5) is 5.69 Å². The monoisotopic (exact) mass is 443 g/mol. The van der Waals surface area contributed by atoms with Gasteiger partial charge in [0.1, 0.15) is 0 Å². The van der Waals surface area contributed by atoms with Gasteiger partial charge in [-0.15, -0.1) is 0 Å². The lowest BCUT2D eigenvalue weighted by atomic mass is 10.1. The molecule has 31 heavy (non-hydrogen) atoms. The van der Waals surface area contributed by atoms with Crippen LogP contribution in [0.15, 0.2) is 47.5 Å². The van der Waals surface area contributed by atoms with Crippen molar-refractivity contribution >= 4 is 21.7 Å². The van der Waals surface area contributed by atoms with E-state index in [9.17, 15) is 8.42 Å². The number of aryl methyl sites for hydroxylation is 1. The van der Waals surface area contributed by atoms with Gasteiger partial charge in [-0.1, -0.05) is 36.4 Å². The molecule has 2 aromatic rings. The van der Waals surface area contributed by atoms with Crippen LogP contribution in [0.3, 0.4) is 0 Å². The molecule has 0 bridgehead atoms. The highest BCUT2D eigenvalue weighted by atomic mass is 32.2. The molecule has 1 saturated heterocycles.